The van der Waals surface area contributed by atoms with Crippen molar-refractivity contribution < 1.29 is 9.53 Å². The maximum Gasteiger partial charge on any atom is 0.187 e. The number of likely N-dealkylation sites (tertiary alicyclic amines) is 1. The van der Waals surface area contributed by atoms with Crippen molar-refractivity contribution >= 4 is 49.4 Å². The number of halogens is 2. The van der Waals surface area contributed by atoms with Crippen molar-refractivity contribution in [3.63, 3.8) is 0 Å². The van der Waals surface area contributed by atoms with Gasteiger partial charge >= 0.3 is 0 Å². The number of carbonyl (C=O) groups excluding carboxylic acids is 1. The number of hydrogen-bond donors (Lipinski definition) is 0. The molecule has 4 rings (SSSR count). The van der Waals surface area contributed by atoms with E-state index in [1.165, 1.54) is 12.8 Å². The molecule has 1 saturated heterocycles. The molecule has 1 unspecified atom stereocenters. The summed E-state index contributed by atoms with van der Waals surface area (Å²) in [5.41, 5.74) is 1.71. The number of carbonyl (C=O) groups is 1. The summed E-state index contributed by atoms with van der Waals surface area (Å²) in [7, 11) is 0. The van der Waals surface area contributed by atoms with Crippen LogP contribution in [0.25, 0.3) is 0 Å². The molecule has 2 aliphatic rings. The number of thioether (sulfide) groups is 1. The second kappa shape index (κ2) is 7.90. The van der Waals surface area contributed by atoms with Gasteiger partial charge in [-0.1, -0.05) is 34.1 Å². The van der Waals surface area contributed by atoms with Crippen LogP contribution in [0.5, 0.6) is 5.75 Å². The first-order valence-electron chi connectivity index (χ1n) is 9.13. The third kappa shape index (κ3) is 3.74. The molecule has 0 saturated carbocycles. The van der Waals surface area contributed by atoms with Crippen molar-refractivity contribution in [2.24, 2.45) is 0 Å². The zero-order valence-electron chi connectivity index (χ0n) is 15.1. The van der Waals surface area contributed by atoms with E-state index >= 15 is 0 Å². The molecule has 6 heteroatoms. The summed E-state index contributed by atoms with van der Waals surface area (Å²) in [6, 6.07) is 12.1. The maximum atomic E-state index is 13.8. The lowest BCUT2D eigenvalue weighted by Gasteiger charge is -2.39. The Labute approximate surface area is 181 Å². The Morgan fingerprint density at radius 3 is 2.59 bits per heavy atom. The molecule has 1 fully saturated rings. The molecule has 0 radical (unpaired) electrons. The van der Waals surface area contributed by atoms with Gasteiger partial charge in [-0.2, -0.15) is 0 Å². The predicted molar refractivity (Wildman–Crippen MR) is 117 cm³/mol. The second-order valence-electron chi connectivity index (χ2n) is 7.18. The summed E-state index contributed by atoms with van der Waals surface area (Å²) < 4.78 is 7.37. The van der Waals surface area contributed by atoms with Crippen molar-refractivity contribution in [2.45, 2.75) is 29.4 Å². The number of rotatable bonds is 4. The second-order valence-corrected chi connectivity index (χ2v) is 10.3. The molecule has 2 aromatic rings. The minimum absolute atomic E-state index is 0.158. The van der Waals surface area contributed by atoms with Gasteiger partial charge in [0.15, 0.2) is 5.78 Å². The molecule has 3 nitrogen and oxygen atoms in total. The predicted octanol–water partition coefficient (Wildman–Crippen LogP) is 5.72. The van der Waals surface area contributed by atoms with Crippen LogP contribution in [0.1, 0.15) is 28.8 Å². The quantitative estimate of drug-likeness (QED) is 0.526. The molecule has 0 N–H and O–H groups in total. The molecule has 27 heavy (non-hydrogen) atoms. The van der Waals surface area contributed by atoms with Crippen LogP contribution in [0, 0.1) is 6.92 Å². The lowest BCUT2D eigenvalue weighted by Crippen LogP contribution is -2.52. The van der Waals surface area contributed by atoms with Gasteiger partial charge in [-0.05, 0) is 72.5 Å². The SMILES string of the molecule is Cc1c(Br)cc2c(c1Br)OCC(CN1CCCC1)(Sc1ccccc1)C2=O. The van der Waals surface area contributed by atoms with E-state index in [0.29, 0.717) is 24.5 Å². The number of benzene rings is 2. The van der Waals surface area contributed by atoms with E-state index in [1.54, 1.807) is 11.8 Å². The molecule has 2 aliphatic heterocycles. The van der Waals surface area contributed by atoms with Crippen LogP contribution in [-0.2, 0) is 0 Å². The maximum absolute atomic E-state index is 13.8. The fourth-order valence-electron chi connectivity index (χ4n) is 3.74. The monoisotopic (exact) mass is 509 g/mol. The summed E-state index contributed by atoms with van der Waals surface area (Å²) >= 11 is 8.84. The number of ether oxygens (including phenoxy) is 1. The van der Waals surface area contributed by atoms with Crippen LogP contribution in [0.2, 0.25) is 0 Å². The van der Waals surface area contributed by atoms with Gasteiger partial charge in [0.2, 0.25) is 0 Å². The molecular formula is C21H21Br2NO2S. The zero-order chi connectivity index (χ0) is 19.0. The Morgan fingerprint density at radius 2 is 1.89 bits per heavy atom. The number of fused-ring (bicyclic) bond motifs is 1. The lowest BCUT2D eigenvalue weighted by atomic mass is 9.92. The number of Topliss-reactive ketones (excluding diaryl/α,β-unsaturated/α-hetero) is 1. The average molecular weight is 511 g/mol. The third-order valence-electron chi connectivity index (χ3n) is 5.24. The van der Waals surface area contributed by atoms with Gasteiger partial charge in [0.1, 0.15) is 17.1 Å². The Hall–Kier alpha value is -0.820. The molecule has 2 aromatic carbocycles. The van der Waals surface area contributed by atoms with E-state index in [-0.39, 0.29) is 5.78 Å². The minimum atomic E-state index is -0.632. The summed E-state index contributed by atoms with van der Waals surface area (Å²) in [5.74, 6) is 0.831. The summed E-state index contributed by atoms with van der Waals surface area (Å²) in [4.78, 5) is 17.3. The minimum Gasteiger partial charge on any atom is -0.490 e. The van der Waals surface area contributed by atoms with Crippen molar-refractivity contribution in [1.82, 2.24) is 4.90 Å². The number of nitrogens with zero attached hydrogens (tertiary/aromatic N) is 1. The van der Waals surface area contributed by atoms with Crippen molar-refractivity contribution in [1.29, 1.82) is 0 Å². The molecule has 142 valence electrons. The third-order valence-corrected chi connectivity index (χ3v) is 8.35. The average Bonchev–Trinajstić information content (AvgIpc) is 3.17. The van der Waals surface area contributed by atoms with Crippen molar-refractivity contribution in [3.8, 4) is 5.75 Å². The van der Waals surface area contributed by atoms with E-state index < -0.39 is 4.75 Å². The highest BCUT2D eigenvalue weighted by Crippen LogP contribution is 2.46. The van der Waals surface area contributed by atoms with E-state index in [9.17, 15) is 4.79 Å². The highest BCUT2D eigenvalue weighted by molar-refractivity contribution is 9.11. The van der Waals surface area contributed by atoms with Gasteiger partial charge < -0.3 is 9.64 Å². The molecule has 0 aliphatic carbocycles. The fourth-order valence-corrected chi connectivity index (χ4v) is 6.29. The summed E-state index contributed by atoms with van der Waals surface area (Å²) in [6.45, 7) is 5.21. The highest BCUT2D eigenvalue weighted by Gasteiger charge is 2.47. The normalized spacial score (nSPS) is 22.6. The molecular weight excluding hydrogens is 490 g/mol. The van der Waals surface area contributed by atoms with E-state index in [4.69, 9.17) is 4.74 Å². The van der Waals surface area contributed by atoms with Crippen LogP contribution >= 0.6 is 43.6 Å². The standard InChI is InChI=1S/C21H21Br2NO2S/c1-14-17(22)11-16-19(18(14)23)26-13-21(20(16)25,12-24-9-5-6-10-24)27-15-7-3-2-4-8-15/h2-4,7-8,11H,5-6,9-10,12-13H2,1H3. The lowest BCUT2D eigenvalue weighted by molar-refractivity contribution is 0.0831. The van der Waals surface area contributed by atoms with Gasteiger partial charge in [-0.3, -0.25) is 4.79 Å². The molecule has 0 spiro atoms. The first-order valence-corrected chi connectivity index (χ1v) is 11.5. The summed E-state index contributed by atoms with van der Waals surface area (Å²) in [5, 5.41) is 0. The highest BCUT2D eigenvalue weighted by atomic mass is 79.9. The summed E-state index contributed by atoms with van der Waals surface area (Å²) in [6.07, 6.45) is 2.40. The van der Waals surface area contributed by atoms with Gasteiger partial charge in [-0.25, -0.2) is 0 Å². The molecule has 1 atom stereocenters. The number of ketones is 1. The smallest absolute Gasteiger partial charge is 0.187 e. The Kier molecular flexibility index (Phi) is 5.70. The van der Waals surface area contributed by atoms with Crippen LogP contribution in [-0.4, -0.2) is 41.7 Å². The van der Waals surface area contributed by atoms with E-state index in [2.05, 4.69) is 48.9 Å². The van der Waals surface area contributed by atoms with E-state index in [0.717, 1.165) is 32.5 Å². The van der Waals surface area contributed by atoms with Gasteiger partial charge in [0.05, 0.1) is 10.0 Å². The zero-order valence-corrected chi connectivity index (χ0v) is 19.1. The molecule has 0 amide bonds. The topological polar surface area (TPSA) is 29.5 Å². The van der Waals surface area contributed by atoms with Gasteiger partial charge in [-0.15, -0.1) is 11.8 Å². The van der Waals surface area contributed by atoms with Crippen molar-refractivity contribution in [3.05, 3.63) is 56.5 Å². The first-order chi connectivity index (χ1) is 13.0. The Morgan fingerprint density at radius 1 is 1.19 bits per heavy atom. The van der Waals surface area contributed by atoms with E-state index in [1.807, 2.05) is 31.2 Å². The number of hydrogen-bond acceptors (Lipinski definition) is 4. The largest absolute Gasteiger partial charge is 0.490 e. The van der Waals surface area contributed by atoms with Crippen LogP contribution in [0.4, 0.5) is 0 Å². The van der Waals surface area contributed by atoms with Gasteiger partial charge in [0.25, 0.3) is 0 Å². The van der Waals surface area contributed by atoms with Crippen LogP contribution in [0.15, 0.2) is 50.2 Å². The first kappa shape index (κ1) is 19.5. The van der Waals surface area contributed by atoms with Gasteiger partial charge in [0, 0.05) is 15.9 Å². The van der Waals surface area contributed by atoms with Crippen LogP contribution in [0.3, 0.4) is 0 Å². The molecule has 0 aromatic heterocycles. The van der Waals surface area contributed by atoms with Crippen LogP contribution < -0.4 is 4.74 Å². The Balaban J connectivity index is 1.75. The Bertz CT molecular complexity index is 868. The molecule has 0 bridgehead atoms. The fraction of sp³-hybridized carbons (Fsp3) is 0.381. The molecule has 2 heterocycles. The van der Waals surface area contributed by atoms with Crippen molar-refractivity contribution in [2.75, 3.05) is 26.2 Å².